The zero-order valence-electron chi connectivity index (χ0n) is 9.14. The average Bonchev–Trinajstić information content (AvgIpc) is 2.84. The van der Waals surface area contributed by atoms with Gasteiger partial charge in [-0.05, 0) is 11.3 Å². The summed E-state index contributed by atoms with van der Waals surface area (Å²) in [6.07, 6.45) is 4.74. The Kier molecular flexibility index (Phi) is 1.98. The molecule has 86 valence electrons. The van der Waals surface area contributed by atoms with E-state index in [0.717, 1.165) is 10.8 Å². The van der Waals surface area contributed by atoms with E-state index in [1.165, 1.54) is 6.92 Å². The average molecular weight is 230 g/mol. The molecule has 1 aliphatic heterocycles. The van der Waals surface area contributed by atoms with E-state index in [2.05, 4.69) is 0 Å². The largest absolute Gasteiger partial charge is 0.505 e. The number of rotatable bonds is 1. The number of ether oxygens (including phenoxy) is 2. The first kappa shape index (κ1) is 9.96. The summed E-state index contributed by atoms with van der Waals surface area (Å²) in [4.78, 5) is 10.9. The quantitative estimate of drug-likeness (QED) is 0.711. The van der Waals surface area contributed by atoms with Crippen molar-refractivity contribution in [1.82, 2.24) is 0 Å². The number of allylic oxidation sites excluding steroid dienone is 1. The molecule has 0 radical (unpaired) electrons. The minimum Gasteiger partial charge on any atom is -0.505 e. The second-order valence-electron chi connectivity index (χ2n) is 3.92. The monoisotopic (exact) mass is 230 g/mol. The van der Waals surface area contributed by atoms with Crippen LogP contribution in [0.1, 0.15) is 12.5 Å². The molecule has 0 saturated carbocycles. The second kappa shape index (κ2) is 3.38. The van der Waals surface area contributed by atoms with E-state index in [-0.39, 0.29) is 5.76 Å². The summed E-state index contributed by atoms with van der Waals surface area (Å²) in [5.74, 6) is 0.0163. The number of aliphatic hydroxyl groups excluding tert-OH is 1. The Labute approximate surface area is 97.1 Å². The molecule has 4 heteroatoms. The van der Waals surface area contributed by atoms with Gasteiger partial charge in [-0.25, -0.2) is 0 Å². The predicted octanol–water partition coefficient (Wildman–Crippen LogP) is 0.442. The fourth-order valence-corrected chi connectivity index (χ4v) is 2.03. The summed E-state index contributed by atoms with van der Waals surface area (Å²) in [6, 6.07) is 3.65. The second-order valence-corrected chi connectivity index (χ2v) is 3.92. The minimum absolute atomic E-state index is 0.0571. The zero-order chi connectivity index (χ0) is 12.0. The van der Waals surface area contributed by atoms with Crippen LogP contribution in [0.2, 0.25) is 0 Å². The van der Waals surface area contributed by atoms with Gasteiger partial charge in [0.1, 0.15) is 5.75 Å². The molecule has 0 spiro atoms. The Morgan fingerprint density at radius 3 is 3.06 bits per heavy atom. The molecular formula is C13H10O4. The SMILES string of the molecule is CC(=O)OC1Oc2c3c(ccc2=C1O)=CC=C3. The van der Waals surface area contributed by atoms with Crippen LogP contribution in [0.4, 0.5) is 0 Å². The molecule has 1 unspecified atom stereocenters. The van der Waals surface area contributed by atoms with Gasteiger partial charge in [0.2, 0.25) is 0 Å². The van der Waals surface area contributed by atoms with Crippen molar-refractivity contribution < 1.29 is 19.4 Å². The van der Waals surface area contributed by atoms with E-state index in [0.29, 0.717) is 11.0 Å². The molecule has 0 bridgehead atoms. The van der Waals surface area contributed by atoms with Crippen LogP contribution >= 0.6 is 0 Å². The molecule has 17 heavy (non-hydrogen) atoms. The molecule has 2 aliphatic rings. The molecular weight excluding hydrogens is 220 g/mol. The van der Waals surface area contributed by atoms with Crippen molar-refractivity contribution in [3.05, 3.63) is 34.2 Å². The lowest BCUT2D eigenvalue weighted by Gasteiger charge is -2.12. The highest BCUT2D eigenvalue weighted by Gasteiger charge is 2.29. The molecule has 0 aromatic heterocycles. The van der Waals surface area contributed by atoms with E-state index >= 15 is 0 Å². The minimum atomic E-state index is -1.03. The number of carbonyl (C=O) groups excluding carboxylic acids is 1. The van der Waals surface area contributed by atoms with Gasteiger partial charge >= 0.3 is 12.3 Å². The maximum Gasteiger partial charge on any atom is 0.306 e. The number of benzene rings is 1. The van der Waals surface area contributed by atoms with Gasteiger partial charge in [0.15, 0.2) is 5.76 Å². The lowest BCUT2D eigenvalue weighted by atomic mass is 10.1. The highest BCUT2D eigenvalue weighted by molar-refractivity contribution is 5.73. The van der Waals surface area contributed by atoms with Gasteiger partial charge in [-0.2, -0.15) is 0 Å². The molecule has 4 nitrogen and oxygen atoms in total. The summed E-state index contributed by atoms with van der Waals surface area (Å²) in [5.41, 5.74) is 0.906. The molecule has 0 fully saturated rings. The highest BCUT2D eigenvalue weighted by atomic mass is 16.7. The number of esters is 1. The van der Waals surface area contributed by atoms with E-state index < -0.39 is 12.3 Å². The van der Waals surface area contributed by atoms with Crippen LogP contribution in [-0.2, 0) is 9.53 Å². The Balaban J connectivity index is 2.13. The number of carbonyl (C=O) groups is 1. The van der Waals surface area contributed by atoms with Crippen LogP contribution in [0.5, 0.6) is 5.75 Å². The number of hydrogen-bond donors (Lipinski definition) is 1. The first-order valence-electron chi connectivity index (χ1n) is 5.25. The number of fused-ring (bicyclic) bond motifs is 3. The van der Waals surface area contributed by atoms with Crippen LogP contribution in [0.3, 0.4) is 0 Å². The van der Waals surface area contributed by atoms with E-state index in [1.807, 2.05) is 24.3 Å². The molecule has 3 rings (SSSR count). The fraction of sp³-hybridized carbons (Fsp3) is 0.154. The van der Waals surface area contributed by atoms with Gasteiger partial charge in [-0.15, -0.1) is 0 Å². The van der Waals surface area contributed by atoms with Crippen molar-refractivity contribution in [2.45, 2.75) is 13.2 Å². The molecule has 1 aromatic rings. The van der Waals surface area contributed by atoms with E-state index in [9.17, 15) is 9.90 Å². The van der Waals surface area contributed by atoms with Crippen molar-refractivity contribution in [2.24, 2.45) is 0 Å². The van der Waals surface area contributed by atoms with Crippen LogP contribution in [0, 0.1) is 0 Å². The van der Waals surface area contributed by atoms with Crippen molar-refractivity contribution >= 4 is 23.9 Å². The Bertz CT molecular complexity index is 655. The van der Waals surface area contributed by atoms with Crippen molar-refractivity contribution in [3.63, 3.8) is 0 Å². The summed E-state index contributed by atoms with van der Waals surface area (Å²) >= 11 is 0. The highest BCUT2D eigenvalue weighted by Crippen LogP contribution is 2.24. The maximum atomic E-state index is 10.9. The van der Waals surface area contributed by atoms with Gasteiger partial charge in [-0.3, -0.25) is 4.79 Å². The van der Waals surface area contributed by atoms with Crippen LogP contribution in [0.15, 0.2) is 18.2 Å². The third-order valence-electron chi connectivity index (χ3n) is 2.77. The van der Waals surface area contributed by atoms with Crippen molar-refractivity contribution in [2.75, 3.05) is 0 Å². The third kappa shape index (κ3) is 1.41. The summed E-state index contributed by atoms with van der Waals surface area (Å²) in [5, 5.41) is 11.5. The molecule has 1 aliphatic carbocycles. The Hall–Kier alpha value is -2.23. The van der Waals surface area contributed by atoms with Gasteiger partial charge in [0.05, 0.1) is 5.22 Å². The van der Waals surface area contributed by atoms with Crippen molar-refractivity contribution in [3.8, 4) is 5.75 Å². The third-order valence-corrected chi connectivity index (χ3v) is 2.77. The molecule has 1 heterocycles. The van der Waals surface area contributed by atoms with Gasteiger partial charge in [0.25, 0.3) is 0 Å². The van der Waals surface area contributed by atoms with Gasteiger partial charge < -0.3 is 14.6 Å². The smallest absolute Gasteiger partial charge is 0.306 e. The molecule has 0 saturated heterocycles. The standard InChI is InChI=1S/C13H10O4/c1-7(14)16-13-11(15)10-6-5-8-3-2-4-9(8)12(10)17-13/h2-6,13,15H,1H3. The van der Waals surface area contributed by atoms with E-state index in [4.69, 9.17) is 9.47 Å². The lowest BCUT2D eigenvalue weighted by molar-refractivity contribution is -0.154. The summed E-state index contributed by atoms with van der Waals surface area (Å²) in [6.45, 7) is 1.28. The van der Waals surface area contributed by atoms with Crippen LogP contribution in [-0.4, -0.2) is 17.4 Å². The Morgan fingerprint density at radius 1 is 1.47 bits per heavy atom. The first-order valence-corrected chi connectivity index (χ1v) is 5.25. The van der Waals surface area contributed by atoms with Gasteiger partial charge in [0, 0.05) is 12.5 Å². The van der Waals surface area contributed by atoms with Gasteiger partial charge in [-0.1, -0.05) is 24.3 Å². The topological polar surface area (TPSA) is 55.8 Å². The molecule has 0 amide bonds. The first-order chi connectivity index (χ1) is 8.16. The summed E-state index contributed by atoms with van der Waals surface area (Å²) in [7, 11) is 0. The Morgan fingerprint density at radius 2 is 2.29 bits per heavy atom. The van der Waals surface area contributed by atoms with Crippen LogP contribution in [0.25, 0.3) is 17.9 Å². The fourth-order valence-electron chi connectivity index (χ4n) is 2.03. The zero-order valence-corrected chi connectivity index (χ0v) is 9.14. The number of aliphatic hydroxyl groups is 1. The predicted molar refractivity (Wildman–Crippen MR) is 61.4 cm³/mol. The molecule has 1 atom stereocenters. The molecule has 1 aromatic carbocycles. The number of hydrogen-bond acceptors (Lipinski definition) is 4. The van der Waals surface area contributed by atoms with Crippen LogP contribution < -0.4 is 15.2 Å². The maximum absolute atomic E-state index is 10.9. The van der Waals surface area contributed by atoms with Crippen molar-refractivity contribution in [1.29, 1.82) is 0 Å². The molecule has 1 N–H and O–H groups in total. The lowest BCUT2D eigenvalue weighted by Crippen LogP contribution is -2.21. The van der Waals surface area contributed by atoms with E-state index in [1.54, 1.807) is 6.07 Å². The summed E-state index contributed by atoms with van der Waals surface area (Å²) < 4.78 is 10.4. The normalized spacial score (nSPS) is 19.4.